The van der Waals surface area contributed by atoms with Crippen molar-refractivity contribution >= 4 is 16.9 Å². The van der Waals surface area contributed by atoms with Crippen molar-refractivity contribution in [2.24, 2.45) is 5.92 Å². The first-order valence-electron chi connectivity index (χ1n) is 8.03. The zero-order valence-corrected chi connectivity index (χ0v) is 13.4. The van der Waals surface area contributed by atoms with Crippen LogP contribution in [0, 0.1) is 18.7 Å². The van der Waals surface area contributed by atoms with E-state index < -0.39 is 17.9 Å². The largest absolute Gasteiger partial charge is 0.358 e. The third-order valence-electron chi connectivity index (χ3n) is 4.67. The van der Waals surface area contributed by atoms with Crippen LogP contribution in [0.15, 0.2) is 18.2 Å². The Hall–Kier alpha value is -2.18. The average molecular weight is 339 g/mol. The summed E-state index contributed by atoms with van der Waals surface area (Å²) in [7, 11) is 0. The highest BCUT2D eigenvalue weighted by molar-refractivity contribution is 5.84. The molecular weight excluding hydrogens is 319 g/mol. The van der Waals surface area contributed by atoms with Crippen LogP contribution in [-0.2, 0) is 6.42 Å². The Morgan fingerprint density at radius 3 is 2.83 bits per heavy atom. The summed E-state index contributed by atoms with van der Waals surface area (Å²) in [5, 5.41) is 6.09. The van der Waals surface area contributed by atoms with Gasteiger partial charge in [-0.3, -0.25) is 0 Å². The minimum absolute atomic E-state index is 0.00970. The van der Waals surface area contributed by atoms with Gasteiger partial charge in [0, 0.05) is 42.0 Å². The molecule has 1 saturated carbocycles. The molecule has 0 aliphatic heterocycles. The molecule has 3 N–H and O–H groups in total. The molecule has 130 valence electrons. The summed E-state index contributed by atoms with van der Waals surface area (Å²) in [5.41, 5.74) is 2.65. The Bertz CT molecular complexity index is 757. The maximum atomic E-state index is 13.2. The number of alkyl halides is 2. The first kappa shape index (κ1) is 16.7. The third kappa shape index (κ3) is 3.34. The molecule has 1 aliphatic carbocycles. The Morgan fingerprint density at radius 1 is 1.38 bits per heavy atom. The monoisotopic (exact) mass is 339 g/mol. The van der Waals surface area contributed by atoms with Crippen LogP contribution in [0.2, 0.25) is 0 Å². The highest BCUT2D eigenvalue weighted by atomic mass is 19.3. The van der Waals surface area contributed by atoms with Crippen molar-refractivity contribution in [3.63, 3.8) is 0 Å². The fourth-order valence-electron chi connectivity index (χ4n) is 3.08. The number of urea groups is 1. The molecule has 24 heavy (non-hydrogen) atoms. The Labute approximate surface area is 137 Å². The fraction of sp³-hybridized carbons (Fsp3) is 0.471. The number of benzene rings is 1. The minimum atomic E-state index is -2.65. The lowest BCUT2D eigenvalue weighted by atomic mass is 9.81. The highest BCUT2D eigenvalue weighted by Gasteiger charge is 2.47. The van der Waals surface area contributed by atoms with Gasteiger partial charge in [0.05, 0.1) is 0 Å². The lowest BCUT2D eigenvalue weighted by Crippen LogP contribution is -2.48. The van der Waals surface area contributed by atoms with Crippen LogP contribution in [-0.4, -0.2) is 30.0 Å². The van der Waals surface area contributed by atoms with Gasteiger partial charge in [0.2, 0.25) is 0 Å². The second-order valence-electron chi connectivity index (χ2n) is 6.30. The minimum Gasteiger partial charge on any atom is -0.358 e. The predicted octanol–water partition coefficient (Wildman–Crippen LogP) is 3.50. The predicted molar refractivity (Wildman–Crippen MR) is 85.8 cm³/mol. The number of H-pyrrole nitrogens is 1. The number of aromatic nitrogens is 1. The Balaban J connectivity index is 1.49. The molecule has 0 spiro atoms. The number of carbonyl (C=O) groups is 1. The van der Waals surface area contributed by atoms with E-state index in [-0.39, 0.29) is 18.8 Å². The SMILES string of the molecule is Cc1[nH]c2cc(F)ccc2c1CCNC(=O)NCC1CCC1(F)F. The number of amides is 2. The van der Waals surface area contributed by atoms with Crippen LogP contribution in [0.1, 0.15) is 24.1 Å². The van der Waals surface area contributed by atoms with E-state index in [1.54, 1.807) is 6.07 Å². The molecule has 1 aromatic carbocycles. The van der Waals surface area contributed by atoms with Crippen LogP contribution < -0.4 is 10.6 Å². The number of aryl methyl sites for hydroxylation is 1. The molecule has 1 atom stereocenters. The van der Waals surface area contributed by atoms with Crippen LogP contribution in [0.3, 0.4) is 0 Å². The van der Waals surface area contributed by atoms with Gasteiger partial charge in [0.1, 0.15) is 5.82 Å². The van der Waals surface area contributed by atoms with Gasteiger partial charge >= 0.3 is 6.03 Å². The van der Waals surface area contributed by atoms with Crippen molar-refractivity contribution in [1.82, 2.24) is 15.6 Å². The van der Waals surface area contributed by atoms with Gasteiger partial charge in [-0.05, 0) is 43.5 Å². The van der Waals surface area contributed by atoms with Gasteiger partial charge in [-0.1, -0.05) is 0 Å². The number of carbonyl (C=O) groups excluding carboxylic acids is 1. The number of halogens is 3. The molecule has 0 bridgehead atoms. The summed E-state index contributed by atoms with van der Waals surface area (Å²) in [5.74, 6) is -3.71. The second kappa shape index (κ2) is 6.37. The molecule has 3 rings (SSSR count). The van der Waals surface area contributed by atoms with Gasteiger partial charge < -0.3 is 15.6 Å². The Kier molecular flexibility index (Phi) is 4.43. The lowest BCUT2D eigenvalue weighted by molar-refractivity contribution is -0.129. The number of fused-ring (bicyclic) bond motifs is 1. The van der Waals surface area contributed by atoms with Crippen molar-refractivity contribution in [2.45, 2.75) is 32.1 Å². The zero-order valence-electron chi connectivity index (χ0n) is 13.4. The maximum absolute atomic E-state index is 13.2. The van der Waals surface area contributed by atoms with Gasteiger partial charge in [0.25, 0.3) is 5.92 Å². The molecule has 0 radical (unpaired) electrons. The van der Waals surface area contributed by atoms with Gasteiger partial charge in [-0.15, -0.1) is 0 Å². The molecule has 1 heterocycles. The average Bonchev–Trinajstić information content (AvgIpc) is 2.81. The first-order valence-corrected chi connectivity index (χ1v) is 8.03. The van der Waals surface area contributed by atoms with E-state index in [1.807, 2.05) is 6.92 Å². The molecule has 1 aromatic heterocycles. The van der Waals surface area contributed by atoms with E-state index in [4.69, 9.17) is 0 Å². The van der Waals surface area contributed by atoms with E-state index in [1.165, 1.54) is 12.1 Å². The summed E-state index contributed by atoms with van der Waals surface area (Å²) < 4.78 is 39.5. The number of hydrogen-bond donors (Lipinski definition) is 3. The summed E-state index contributed by atoms with van der Waals surface area (Å²) in [4.78, 5) is 14.8. The van der Waals surface area contributed by atoms with Crippen LogP contribution in [0.5, 0.6) is 0 Å². The smallest absolute Gasteiger partial charge is 0.314 e. The van der Waals surface area contributed by atoms with Crippen LogP contribution in [0.25, 0.3) is 10.9 Å². The molecular formula is C17H20F3N3O. The van der Waals surface area contributed by atoms with E-state index in [9.17, 15) is 18.0 Å². The molecule has 2 amide bonds. The summed E-state index contributed by atoms with van der Waals surface area (Å²) >= 11 is 0. The second-order valence-corrected chi connectivity index (χ2v) is 6.30. The van der Waals surface area contributed by atoms with Crippen molar-refractivity contribution in [3.8, 4) is 0 Å². The van der Waals surface area contributed by atoms with Gasteiger partial charge in [-0.2, -0.15) is 0 Å². The van der Waals surface area contributed by atoms with Crippen molar-refractivity contribution in [3.05, 3.63) is 35.3 Å². The quantitative estimate of drug-likeness (QED) is 0.767. The highest BCUT2D eigenvalue weighted by Crippen LogP contribution is 2.42. The normalized spacial score (nSPS) is 19.1. The van der Waals surface area contributed by atoms with Crippen LogP contribution in [0.4, 0.5) is 18.0 Å². The fourth-order valence-corrected chi connectivity index (χ4v) is 3.08. The lowest BCUT2D eigenvalue weighted by Gasteiger charge is -2.36. The molecule has 1 fully saturated rings. The van der Waals surface area contributed by atoms with Gasteiger partial charge in [0.15, 0.2) is 0 Å². The van der Waals surface area contributed by atoms with Crippen molar-refractivity contribution < 1.29 is 18.0 Å². The molecule has 4 nitrogen and oxygen atoms in total. The summed E-state index contributed by atoms with van der Waals surface area (Å²) in [6.07, 6.45) is 0.921. The summed E-state index contributed by atoms with van der Waals surface area (Å²) in [6.45, 7) is 2.26. The molecule has 7 heteroatoms. The van der Waals surface area contributed by atoms with E-state index in [0.29, 0.717) is 19.4 Å². The van der Waals surface area contributed by atoms with Crippen molar-refractivity contribution in [1.29, 1.82) is 0 Å². The number of nitrogens with one attached hydrogen (secondary N) is 3. The molecule has 2 aromatic rings. The van der Waals surface area contributed by atoms with E-state index >= 15 is 0 Å². The zero-order chi connectivity index (χ0) is 17.3. The number of hydrogen-bond acceptors (Lipinski definition) is 1. The van der Waals surface area contributed by atoms with E-state index in [0.717, 1.165) is 22.2 Å². The van der Waals surface area contributed by atoms with Crippen molar-refractivity contribution in [2.75, 3.05) is 13.1 Å². The number of aromatic amines is 1. The first-order chi connectivity index (χ1) is 11.4. The Morgan fingerprint density at radius 2 is 2.17 bits per heavy atom. The standard InChI is InChI=1S/C17H20F3N3O/c1-10-13(14-3-2-12(18)8-15(14)23-10)5-7-21-16(24)22-9-11-4-6-17(11,19)20/h2-3,8,11,23H,4-7,9H2,1H3,(H2,21,22,24). The topological polar surface area (TPSA) is 56.9 Å². The van der Waals surface area contributed by atoms with Gasteiger partial charge in [-0.25, -0.2) is 18.0 Å². The molecule has 0 saturated heterocycles. The van der Waals surface area contributed by atoms with E-state index in [2.05, 4.69) is 15.6 Å². The molecule has 1 aliphatic rings. The summed E-state index contributed by atoms with van der Waals surface area (Å²) in [6, 6.07) is 4.10. The third-order valence-corrected chi connectivity index (χ3v) is 4.67. The van der Waals surface area contributed by atoms with Crippen LogP contribution >= 0.6 is 0 Å². The number of rotatable bonds is 5. The maximum Gasteiger partial charge on any atom is 0.314 e. The molecule has 1 unspecified atom stereocenters.